The number of rotatable bonds is 7. The van der Waals surface area contributed by atoms with Crippen LogP contribution in [0.2, 0.25) is 0 Å². The second-order valence-corrected chi connectivity index (χ2v) is 13.0. The number of anilines is 4. The first-order valence-electron chi connectivity index (χ1n) is 16.6. The SMILES string of the molecule is Cn1cc(-c2ccnc(N3CCn4c(cc5c4CCCC5)C3)c2CO)cc(Nc2ccc(N3CCN(C4COC4)CC3)cn2)c1=O. The first kappa shape index (κ1) is 29.2. The van der Waals surface area contributed by atoms with Crippen molar-refractivity contribution >= 4 is 23.0 Å². The van der Waals surface area contributed by atoms with Gasteiger partial charge >= 0.3 is 0 Å². The van der Waals surface area contributed by atoms with Crippen LogP contribution in [0.5, 0.6) is 0 Å². The van der Waals surface area contributed by atoms with E-state index in [2.05, 4.69) is 41.7 Å². The number of fused-ring (bicyclic) bond motifs is 3. The number of pyridine rings is 3. The van der Waals surface area contributed by atoms with Crippen molar-refractivity contribution in [1.82, 2.24) is 24.0 Å². The molecule has 0 bridgehead atoms. The molecule has 0 radical (unpaired) electrons. The summed E-state index contributed by atoms with van der Waals surface area (Å²) in [6.07, 6.45) is 10.4. The summed E-state index contributed by atoms with van der Waals surface area (Å²) in [4.78, 5) is 29.8. The lowest BCUT2D eigenvalue weighted by molar-refractivity contribution is -0.0660. The monoisotopic (exact) mass is 622 g/mol. The molecule has 1 aliphatic carbocycles. The Morgan fingerprint density at radius 2 is 1.80 bits per heavy atom. The molecule has 11 nitrogen and oxygen atoms in total. The minimum absolute atomic E-state index is 0.147. The third-order valence-electron chi connectivity index (χ3n) is 10.3. The number of nitrogens with zero attached hydrogens (tertiary/aromatic N) is 7. The minimum Gasteiger partial charge on any atom is -0.392 e. The van der Waals surface area contributed by atoms with Crippen LogP contribution in [0.1, 0.15) is 35.4 Å². The van der Waals surface area contributed by atoms with Crippen LogP contribution in [0, 0.1) is 0 Å². The highest BCUT2D eigenvalue weighted by molar-refractivity contribution is 5.75. The van der Waals surface area contributed by atoms with Gasteiger partial charge in [0.1, 0.15) is 17.3 Å². The topological polar surface area (TPSA) is 104 Å². The van der Waals surface area contributed by atoms with Gasteiger partial charge in [0.15, 0.2) is 0 Å². The average molecular weight is 623 g/mol. The van der Waals surface area contributed by atoms with Crippen molar-refractivity contribution in [3.05, 3.63) is 81.8 Å². The van der Waals surface area contributed by atoms with Crippen LogP contribution in [-0.2, 0) is 44.3 Å². The molecule has 4 aromatic rings. The van der Waals surface area contributed by atoms with E-state index in [1.807, 2.05) is 30.6 Å². The van der Waals surface area contributed by atoms with Crippen LogP contribution >= 0.6 is 0 Å². The fourth-order valence-corrected chi connectivity index (χ4v) is 7.61. The summed E-state index contributed by atoms with van der Waals surface area (Å²) in [5.74, 6) is 1.41. The largest absolute Gasteiger partial charge is 0.392 e. The molecule has 4 aliphatic rings. The predicted octanol–water partition coefficient (Wildman–Crippen LogP) is 3.30. The number of aryl methyl sites for hydroxylation is 2. The van der Waals surface area contributed by atoms with Crippen molar-refractivity contribution in [2.45, 2.75) is 51.4 Å². The second-order valence-electron chi connectivity index (χ2n) is 13.0. The third kappa shape index (κ3) is 5.36. The highest BCUT2D eigenvalue weighted by atomic mass is 16.5. The van der Waals surface area contributed by atoms with Crippen LogP contribution in [0.3, 0.4) is 0 Å². The molecule has 46 heavy (non-hydrogen) atoms. The standard InChI is InChI=1S/C35H42N8O3/c1-39-19-25(17-31(35(39)45)38-33-7-6-26(18-37-33)40-10-12-41(13-11-40)28-22-46-23-28)29-8-9-36-34(30(29)21-44)42-14-15-43-27(20-42)16-24-4-2-3-5-32(24)43/h6-9,16-19,28,44H,2-5,10-15,20-23H2,1H3,(H,37,38). The molecule has 2 fully saturated rings. The van der Waals surface area contributed by atoms with Gasteiger partial charge in [0.25, 0.3) is 5.56 Å². The maximum Gasteiger partial charge on any atom is 0.274 e. The van der Waals surface area contributed by atoms with Crippen LogP contribution in [0.4, 0.5) is 23.0 Å². The van der Waals surface area contributed by atoms with Crippen LogP contribution < -0.4 is 20.7 Å². The lowest BCUT2D eigenvalue weighted by Crippen LogP contribution is -2.56. The zero-order chi connectivity index (χ0) is 31.2. The van der Waals surface area contributed by atoms with E-state index in [1.54, 1.807) is 17.8 Å². The number of aliphatic hydroxyl groups excluding tert-OH is 1. The molecule has 0 saturated carbocycles. The van der Waals surface area contributed by atoms with Gasteiger partial charge in [0.2, 0.25) is 0 Å². The predicted molar refractivity (Wildman–Crippen MR) is 179 cm³/mol. The molecular formula is C35H42N8O3. The Morgan fingerprint density at radius 3 is 2.57 bits per heavy atom. The van der Waals surface area contributed by atoms with E-state index in [0.717, 1.165) is 87.2 Å². The molecule has 0 aromatic carbocycles. The number of aliphatic hydroxyl groups is 1. The van der Waals surface area contributed by atoms with E-state index < -0.39 is 0 Å². The summed E-state index contributed by atoms with van der Waals surface area (Å²) in [6.45, 7) is 8.04. The maximum atomic E-state index is 13.2. The van der Waals surface area contributed by atoms with E-state index in [0.29, 0.717) is 17.5 Å². The molecular weight excluding hydrogens is 580 g/mol. The fourth-order valence-electron chi connectivity index (χ4n) is 7.61. The molecule has 0 spiro atoms. The molecule has 7 heterocycles. The molecule has 4 aromatic heterocycles. The van der Waals surface area contributed by atoms with Gasteiger partial charge < -0.3 is 34.1 Å². The summed E-state index contributed by atoms with van der Waals surface area (Å²) in [7, 11) is 1.75. The first-order valence-corrected chi connectivity index (χ1v) is 16.6. The zero-order valence-corrected chi connectivity index (χ0v) is 26.5. The van der Waals surface area contributed by atoms with Crippen molar-refractivity contribution in [3.63, 3.8) is 0 Å². The quantitative estimate of drug-likeness (QED) is 0.321. The smallest absolute Gasteiger partial charge is 0.274 e. The van der Waals surface area contributed by atoms with Crippen molar-refractivity contribution in [2.75, 3.05) is 61.1 Å². The van der Waals surface area contributed by atoms with Gasteiger partial charge in [-0.05, 0) is 67.1 Å². The van der Waals surface area contributed by atoms with Gasteiger partial charge in [-0.15, -0.1) is 0 Å². The lowest BCUT2D eigenvalue weighted by atomic mass is 9.98. The number of hydrogen-bond donors (Lipinski definition) is 2. The van der Waals surface area contributed by atoms with Gasteiger partial charge in [-0.25, -0.2) is 9.97 Å². The molecule has 2 saturated heterocycles. The Hall–Kier alpha value is -4.19. The molecule has 0 amide bonds. The van der Waals surface area contributed by atoms with Crippen molar-refractivity contribution in [3.8, 4) is 11.1 Å². The Morgan fingerprint density at radius 1 is 0.978 bits per heavy atom. The molecule has 0 unspecified atom stereocenters. The fraction of sp³-hybridized carbons (Fsp3) is 0.457. The number of nitrogens with one attached hydrogen (secondary N) is 1. The van der Waals surface area contributed by atoms with Gasteiger partial charge in [0, 0.05) is 81.2 Å². The van der Waals surface area contributed by atoms with E-state index in [9.17, 15) is 9.90 Å². The maximum absolute atomic E-state index is 13.2. The zero-order valence-electron chi connectivity index (χ0n) is 26.5. The van der Waals surface area contributed by atoms with E-state index >= 15 is 0 Å². The first-order chi connectivity index (χ1) is 22.6. The highest BCUT2D eigenvalue weighted by Gasteiger charge is 2.29. The van der Waals surface area contributed by atoms with Gasteiger partial charge in [0.05, 0.1) is 44.3 Å². The Bertz CT molecular complexity index is 1790. The molecule has 0 atom stereocenters. The Balaban J connectivity index is 1.02. The summed E-state index contributed by atoms with van der Waals surface area (Å²) in [5, 5.41) is 13.9. The van der Waals surface area contributed by atoms with E-state index in [1.165, 1.54) is 42.6 Å². The van der Waals surface area contributed by atoms with Crippen molar-refractivity contribution in [1.29, 1.82) is 0 Å². The van der Waals surface area contributed by atoms with E-state index in [4.69, 9.17) is 9.72 Å². The second kappa shape index (κ2) is 12.2. The minimum atomic E-state index is -0.149. The summed E-state index contributed by atoms with van der Waals surface area (Å²) < 4.78 is 9.45. The van der Waals surface area contributed by atoms with Crippen molar-refractivity contribution < 1.29 is 9.84 Å². The van der Waals surface area contributed by atoms with Gasteiger partial charge in [-0.2, -0.15) is 0 Å². The van der Waals surface area contributed by atoms with Crippen LogP contribution in [0.25, 0.3) is 11.1 Å². The molecule has 2 N–H and O–H groups in total. The number of ether oxygens (including phenoxy) is 1. The van der Waals surface area contributed by atoms with Crippen LogP contribution in [-0.4, -0.2) is 81.1 Å². The Labute approximate surface area is 269 Å². The summed E-state index contributed by atoms with van der Waals surface area (Å²) in [6, 6.07) is 10.7. The van der Waals surface area contributed by atoms with Crippen molar-refractivity contribution in [2.24, 2.45) is 7.05 Å². The lowest BCUT2D eigenvalue weighted by Gasteiger charge is -2.43. The molecule has 8 rings (SSSR count). The average Bonchev–Trinajstić information content (AvgIpc) is 3.44. The number of piperazine rings is 1. The van der Waals surface area contributed by atoms with Crippen LogP contribution in [0.15, 0.2) is 53.7 Å². The summed E-state index contributed by atoms with van der Waals surface area (Å²) in [5.41, 5.74) is 8.17. The third-order valence-corrected chi connectivity index (χ3v) is 10.3. The molecule has 3 aliphatic heterocycles. The summed E-state index contributed by atoms with van der Waals surface area (Å²) >= 11 is 0. The highest BCUT2D eigenvalue weighted by Crippen LogP contribution is 2.34. The molecule has 11 heteroatoms. The van der Waals surface area contributed by atoms with Gasteiger partial charge in [-0.3, -0.25) is 9.69 Å². The molecule has 240 valence electrons. The van der Waals surface area contributed by atoms with E-state index in [-0.39, 0.29) is 12.2 Å². The van der Waals surface area contributed by atoms with Gasteiger partial charge in [-0.1, -0.05) is 0 Å². The number of aromatic nitrogens is 4. The number of hydrogen-bond acceptors (Lipinski definition) is 9. The normalized spacial score (nSPS) is 18.7. The Kier molecular flexibility index (Phi) is 7.75.